The lowest BCUT2D eigenvalue weighted by molar-refractivity contribution is -0.117. The summed E-state index contributed by atoms with van der Waals surface area (Å²) in [7, 11) is 0. The van der Waals surface area contributed by atoms with Crippen molar-refractivity contribution in [2.75, 3.05) is 0 Å². The number of fused-ring (bicyclic) bond motifs is 1. The molecule has 4 aromatic heterocycles. The SMILES string of the molecule is Cc1cn(-c2nccc3[nH]c(-c4ccc(CC(=O)Cc5cc(-c6ccccc6)n[nH]5)cc4)nc23)cn1. The number of hydrogen-bond donors (Lipinski definition) is 2. The van der Waals surface area contributed by atoms with E-state index in [-0.39, 0.29) is 5.78 Å². The van der Waals surface area contributed by atoms with Gasteiger partial charge in [0.05, 0.1) is 16.9 Å². The van der Waals surface area contributed by atoms with E-state index in [9.17, 15) is 4.79 Å². The molecular weight excluding hydrogens is 450 g/mol. The van der Waals surface area contributed by atoms with E-state index in [4.69, 9.17) is 4.98 Å². The molecule has 0 atom stereocenters. The Bertz CT molecular complexity index is 1660. The minimum Gasteiger partial charge on any atom is -0.338 e. The number of H-pyrrole nitrogens is 2. The number of pyridine rings is 1. The number of aryl methyl sites for hydroxylation is 1. The number of benzene rings is 2. The maximum Gasteiger partial charge on any atom is 0.166 e. The van der Waals surface area contributed by atoms with Crippen molar-refractivity contribution >= 4 is 16.8 Å². The zero-order valence-electron chi connectivity index (χ0n) is 19.6. The Hall–Kier alpha value is -4.85. The number of hydrogen-bond acceptors (Lipinski definition) is 5. The fourth-order valence-electron chi connectivity index (χ4n) is 4.28. The highest BCUT2D eigenvalue weighted by Gasteiger charge is 2.13. The first-order valence-corrected chi connectivity index (χ1v) is 11.7. The molecule has 2 N–H and O–H groups in total. The van der Waals surface area contributed by atoms with Crippen molar-refractivity contribution in [1.29, 1.82) is 0 Å². The first-order chi connectivity index (χ1) is 17.6. The quantitative estimate of drug-likeness (QED) is 0.344. The fraction of sp³-hybridized carbons (Fsp3) is 0.107. The number of ketones is 1. The minimum atomic E-state index is 0.126. The predicted molar refractivity (Wildman–Crippen MR) is 138 cm³/mol. The van der Waals surface area contributed by atoms with Gasteiger partial charge in [-0.25, -0.2) is 15.0 Å². The van der Waals surface area contributed by atoms with E-state index in [0.717, 1.165) is 56.4 Å². The second-order valence-electron chi connectivity index (χ2n) is 8.77. The molecule has 0 aliphatic rings. The third kappa shape index (κ3) is 4.32. The van der Waals surface area contributed by atoms with Gasteiger partial charge in [-0.2, -0.15) is 5.10 Å². The van der Waals surface area contributed by atoms with Crippen molar-refractivity contribution in [3.8, 4) is 28.5 Å². The molecule has 176 valence electrons. The highest BCUT2D eigenvalue weighted by molar-refractivity contribution is 5.85. The van der Waals surface area contributed by atoms with Crippen LogP contribution < -0.4 is 0 Å². The summed E-state index contributed by atoms with van der Waals surface area (Å²) in [4.78, 5) is 29.7. The molecule has 0 unspecified atom stereocenters. The molecular formula is C28H23N7O. The van der Waals surface area contributed by atoms with E-state index in [0.29, 0.717) is 12.8 Å². The Morgan fingerprint density at radius 2 is 1.78 bits per heavy atom. The molecule has 0 bridgehead atoms. The van der Waals surface area contributed by atoms with Crippen LogP contribution in [-0.2, 0) is 17.6 Å². The van der Waals surface area contributed by atoms with Crippen molar-refractivity contribution in [1.82, 2.24) is 34.7 Å². The van der Waals surface area contributed by atoms with E-state index in [1.807, 2.05) is 84.4 Å². The average molecular weight is 474 g/mol. The second-order valence-corrected chi connectivity index (χ2v) is 8.77. The molecule has 0 radical (unpaired) electrons. The summed E-state index contributed by atoms with van der Waals surface area (Å²) in [6.07, 6.45) is 6.09. The van der Waals surface area contributed by atoms with Gasteiger partial charge in [-0.05, 0) is 24.6 Å². The van der Waals surface area contributed by atoms with Crippen LogP contribution >= 0.6 is 0 Å². The summed E-state index contributed by atoms with van der Waals surface area (Å²) in [6.45, 7) is 1.94. The Balaban J connectivity index is 1.16. The van der Waals surface area contributed by atoms with Crippen LogP contribution in [0.25, 0.3) is 39.5 Å². The molecule has 0 aliphatic heterocycles. The number of aromatic amines is 2. The summed E-state index contributed by atoms with van der Waals surface area (Å²) >= 11 is 0. The van der Waals surface area contributed by atoms with Crippen LogP contribution in [0.3, 0.4) is 0 Å². The van der Waals surface area contributed by atoms with Crippen LogP contribution in [0.1, 0.15) is 17.0 Å². The van der Waals surface area contributed by atoms with Crippen LogP contribution in [0.15, 0.2) is 85.5 Å². The normalized spacial score (nSPS) is 11.2. The lowest BCUT2D eigenvalue weighted by Gasteiger charge is -2.02. The predicted octanol–water partition coefficient (Wildman–Crippen LogP) is 4.86. The topological polar surface area (TPSA) is 105 Å². The Kier molecular flexibility index (Phi) is 5.46. The van der Waals surface area contributed by atoms with E-state index < -0.39 is 0 Å². The number of aromatic nitrogens is 7. The standard InChI is InChI=1S/C28H23N7O/c1-18-16-35(17-30-18)28-26-24(11-12-29-28)31-27(32-26)21-9-7-19(8-10-21)13-23(36)14-22-15-25(34-33-22)20-5-3-2-4-6-20/h2-12,15-17H,13-14H2,1H3,(H,31,32)(H,33,34). The Labute approximate surface area is 207 Å². The number of rotatable bonds is 7. The Morgan fingerprint density at radius 3 is 2.56 bits per heavy atom. The van der Waals surface area contributed by atoms with Crippen LogP contribution in [0.4, 0.5) is 0 Å². The lowest BCUT2D eigenvalue weighted by atomic mass is 10.0. The molecule has 8 heteroatoms. The number of nitrogens with zero attached hydrogens (tertiary/aromatic N) is 5. The molecule has 0 spiro atoms. The van der Waals surface area contributed by atoms with Crippen molar-refractivity contribution in [3.63, 3.8) is 0 Å². The van der Waals surface area contributed by atoms with Crippen molar-refractivity contribution in [2.45, 2.75) is 19.8 Å². The van der Waals surface area contributed by atoms with Crippen LogP contribution in [0.5, 0.6) is 0 Å². The van der Waals surface area contributed by atoms with Crippen LogP contribution in [-0.4, -0.2) is 40.5 Å². The fourth-order valence-corrected chi connectivity index (χ4v) is 4.28. The maximum absolute atomic E-state index is 12.7. The highest BCUT2D eigenvalue weighted by Crippen LogP contribution is 2.24. The lowest BCUT2D eigenvalue weighted by Crippen LogP contribution is -2.06. The monoisotopic (exact) mass is 473 g/mol. The zero-order valence-corrected chi connectivity index (χ0v) is 19.6. The third-order valence-corrected chi connectivity index (χ3v) is 6.05. The molecule has 8 nitrogen and oxygen atoms in total. The molecule has 4 heterocycles. The van der Waals surface area contributed by atoms with Crippen molar-refractivity contribution in [2.24, 2.45) is 0 Å². The van der Waals surface area contributed by atoms with Gasteiger partial charge in [0.2, 0.25) is 0 Å². The maximum atomic E-state index is 12.7. The molecule has 0 fully saturated rings. The van der Waals surface area contributed by atoms with Gasteiger partial charge >= 0.3 is 0 Å². The smallest absolute Gasteiger partial charge is 0.166 e. The number of Topliss-reactive ketones (excluding diaryl/α,β-unsaturated/α-hetero) is 1. The van der Waals surface area contributed by atoms with Gasteiger partial charge < -0.3 is 4.98 Å². The van der Waals surface area contributed by atoms with E-state index in [1.54, 1.807) is 12.5 Å². The van der Waals surface area contributed by atoms with Crippen molar-refractivity contribution in [3.05, 3.63) is 102 Å². The number of carbonyl (C=O) groups is 1. The number of carbonyl (C=O) groups excluding carboxylic acids is 1. The van der Waals surface area contributed by atoms with E-state index in [2.05, 4.69) is 25.1 Å². The van der Waals surface area contributed by atoms with Gasteiger partial charge in [0.1, 0.15) is 23.5 Å². The zero-order chi connectivity index (χ0) is 24.5. The van der Waals surface area contributed by atoms with Crippen LogP contribution in [0, 0.1) is 6.92 Å². The van der Waals surface area contributed by atoms with E-state index >= 15 is 0 Å². The Morgan fingerprint density at radius 1 is 0.944 bits per heavy atom. The van der Waals surface area contributed by atoms with E-state index in [1.165, 1.54) is 0 Å². The summed E-state index contributed by atoms with van der Waals surface area (Å²) in [6, 6.07) is 21.7. The summed E-state index contributed by atoms with van der Waals surface area (Å²) < 4.78 is 1.87. The average Bonchev–Trinajstić information content (AvgIpc) is 3.64. The van der Waals surface area contributed by atoms with Gasteiger partial charge in [0, 0.05) is 42.1 Å². The van der Waals surface area contributed by atoms with Crippen molar-refractivity contribution < 1.29 is 4.79 Å². The van der Waals surface area contributed by atoms with Crippen LogP contribution in [0.2, 0.25) is 0 Å². The number of nitrogens with one attached hydrogen (secondary N) is 2. The second kappa shape index (κ2) is 9.07. The molecule has 6 aromatic rings. The highest BCUT2D eigenvalue weighted by atomic mass is 16.1. The molecule has 0 aliphatic carbocycles. The molecule has 2 aromatic carbocycles. The minimum absolute atomic E-state index is 0.126. The molecule has 36 heavy (non-hydrogen) atoms. The molecule has 0 amide bonds. The van der Waals surface area contributed by atoms with Gasteiger partial charge in [0.15, 0.2) is 5.82 Å². The summed E-state index contributed by atoms with van der Waals surface area (Å²) in [5.41, 5.74) is 7.17. The largest absolute Gasteiger partial charge is 0.338 e. The third-order valence-electron chi connectivity index (χ3n) is 6.05. The van der Waals surface area contributed by atoms with Gasteiger partial charge in [-0.15, -0.1) is 0 Å². The molecule has 6 rings (SSSR count). The summed E-state index contributed by atoms with van der Waals surface area (Å²) in [5, 5.41) is 7.33. The number of imidazole rings is 2. The van der Waals surface area contributed by atoms with Gasteiger partial charge in [0.25, 0.3) is 0 Å². The summed E-state index contributed by atoms with van der Waals surface area (Å²) in [5.74, 6) is 1.60. The van der Waals surface area contributed by atoms with Gasteiger partial charge in [-0.3, -0.25) is 14.5 Å². The van der Waals surface area contributed by atoms with Gasteiger partial charge in [-0.1, -0.05) is 54.6 Å². The molecule has 0 saturated carbocycles. The first kappa shape index (κ1) is 21.7. The first-order valence-electron chi connectivity index (χ1n) is 11.7. The molecule has 0 saturated heterocycles.